The van der Waals surface area contributed by atoms with Crippen LogP contribution in [0.2, 0.25) is 0 Å². The summed E-state index contributed by atoms with van der Waals surface area (Å²) >= 11 is 14.5. The monoisotopic (exact) mass is 421 g/mol. The van der Waals surface area contributed by atoms with Gasteiger partial charge in [0.1, 0.15) is 15.7 Å². The van der Waals surface area contributed by atoms with Crippen LogP contribution in [0.25, 0.3) is 0 Å². The van der Waals surface area contributed by atoms with Crippen LogP contribution in [0.5, 0.6) is 5.75 Å². The Bertz CT molecular complexity index is 762. The van der Waals surface area contributed by atoms with Gasteiger partial charge in [0.15, 0.2) is 0 Å². The molecule has 4 nitrogen and oxygen atoms in total. The van der Waals surface area contributed by atoms with Crippen molar-refractivity contribution < 1.29 is 5.11 Å². The third kappa shape index (κ3) is 3.74. The molecule has 1 N–H and O–H groups in total. The molecule has 0 amide bonds. The molecule has 1 aliphatic rings. The van der Waals surface area contributed by atoms with Crippen molar-refractivity contribution in [2.75, 3.05) is 26.2 Å². The Labute approximate surface area is 160 Å². The lowest BCUT2D eigenvalue weighted by Gasteiger charge is -2.37. The number of pyridine rings is 1. The summed E-state index contributed by atoms with van der Waals surface area (Å²) in [5.74, 6) is 0.203. The molecule has 1 saturated heterocycles. The minimum absolute atomic E-state index is 0.203. The van der Waals surface area contributed by atoms with Crippen LogP contribution in [-0.2, 0) is 0 Å². The quantitative estimate of drug-likeness (QED) is 0.750. The maximum atomic E-state index is 10.1. The highest BCUT2D eigenvalue weighted by molar-refractivity contribution is 9.10. The third-order valence-corrected chi connectivity index (χ3v) is 5.37. The Morgan fingerprint density at radius 1 is 1.00 bits per heavy atom. The molecule has 2 heterocycles. The Balaban J connectivity index is 1.66. The van der Waals surface area contributed by atoms with Crippen LogP contribution in [0, 0.1) is 0 Å². The van der Waals surface area contributed by atoms with Crippen LogP contribution in [0.15, 0.2) is 47.1 Å². The van der Waals surface area contributed by atoms with Crippen molar-refractivity contribution in [1.29, 1.82) is 0 Å². The first-order valence-corrected chi connectivity index (χ1v) is 9.15. The van der Waals surface area contributed by atoms with Gasteiger partial charge in [-0.05, 0) is 30.3 Å². The first kappa shape index (κ1) is 17.3. The van der Waals surface area contributed by atoms with Crippen molar-refractivity contribution in [3.05, 3.63) is 58.3 Å². The van der Waals surface area contributed by atoms with Crippen molar-refractivity contribution in [1.82, 2.24) is 14.8 Å². The van der Waals surface area contributed by atoms with Crippen LogP contribution in [0.1, 0.15) is 11.3 Å². The second-order valence-electron chi connectivity index (χ2n) is 5.46. The molecule has 2 aromatic rings. The molecular formula is C17H16BrN3OS2. The molecule has 0 bridgehead atoms. The average molecular weight is 422 g/mol. The molecule has 1 aromatic heterocycles. The number of piperazine rings is 1. The number of phenols is 1. The van der Waals surface area contributed by atoms with Gasteiger partial charge in [0.2, 0.25) is 0 Å². The Morgan fingerprint density at radius 3 is 2.29 bits per heavy atom. The van der Waals surface area contributed by atoms with E-state index in [2.05, 4.69) is 30.7 Å². The van der Waals surface area contributed by atoms with Gasteiger partial charge in [0.05, 0.1) is 11.3 Å². The van der Waals surface area contributed by atoms with Crippen molar-refractivity contribution in [2.24, 2.45) is 0 Å². The van der Waals surface area contributed by atoms with Gasteiger partial charge in [-0.15, -0.1) is 0 Å². The maximum Gasteiger partial charge on any atom is 0.128 e. The minimum Gasteiger partial charge on any atom is -0.507 e. The van der Waals surface area contributed by atoms with E-state index in [1.54, 1.807) is 18.3 Å². The smallest absolute Gasteiger partial charge is 0.128 e. The number of rotatable bonds is 2. The number of hydrogen-bond donors (Lipinski definition) is 1. The van der Waals surface area contributed by atoms with Crippen LogP contribution >= 0.6 is 40.4 Å². The standard InChI is InChI=1S/C17H16BrN3OS2/c18-12-4-5-15(22)13(11-12)16(23)20-7-9-21(10-8-20)17(24)14-3-1-2-6-19-14/h1-6,11,22H,7-10H2. The fraction of sp³-hybridized carbons (Fsp3) is 0.235. The highest BCUT2D eigenvalue weighted by atomic mass is 79.9. The van der Waals surface area contributed by atoms with Crippen LogP contribution < -0.4 is 0 Å². The van der Waals surface area contributed by atoms with Gasteiger partial charge >= 0.3 is 0 Å². The highest BCUT2D eigenvalue weighted by Crippen LogP contribution is 2.24. The first-order valence-electron chi connectivity index (χ1n) is 7.54. The predicted molar refractivity (Wildman–Crippen MR) is 107 cm³/mol. The molecule has 0 spiro atoms. The molecule has 0 unspecified atom stereocenters. The van der Waals surface area contributed by atoms with E-state index in [1.165, 1.54) is 0 Å². The Morgan fingerprint density at radius 2 is 1.67 bits per heavy atom. The molecule has 3 rings (SSSR count). The minimum atomic E-state index is 0.203. The van der Waals surface area contributed by atoms with E-state index < -0.39 is 0 Å². The van der Waals surface area contributed by atoms with Gasteiger partial charge in [0.25, 0.3) is 0 Å². The number of aromatic hydroxyl groups is 1. The SMILES string of the molecule is Oc1ccc(Br)cc1C(=S)N1CCN(C(=S)c2ccccn2)CC1. The van der Waals surface area contributed by atoms with Crippen LogP contribution in [-0.4, -0.2) is 56.0 Å². The van der Waals surface area contributed by atoms with Crippen molar-refractivity contribution in [3.63, 3.8) is 0 Å². The maximum absolute atomic E-state index is 10.1. The van der Waals surface area contributed by atoms with Crippen LogP contribution in [0.4, 0.5) is 0 Å². The lowest BCUT2D eigenvalue weighted by Crippen LogP contribution is -2.50. The number of thiocarbonyl (C=S) groups is 2. The first-order chi connectivity index (χ1) is 11.6. The molecule has 7 heteroatoms. The van der Waals surface area contributed by atoms with Gasteiger partial charge in [-0.1, -0.05) is 46.4 Å². The molecular weight excluding hydrogens is 406 g/mol. The normalized spacial score (nSPS) is 14.5. The average Bonchev–Trinajstić information content (AvgIpc) is 2.63. The van der Waals surface area contributed by atoms with E-state index in [1.807, 2.05) is 24.3 Å². The summed E-state index contributed by atoms with van der Waals surface area (Å²) in [7, 11) is 0. The number of aromatic nitrogens is 1. The summed E-state index contributed by atoms with van der Waals surface area (Å²) in [6, 6.07) is 11.0. The van der Waals surface area contributed by atoms with E-state index in [9.17, 15) is 5.11 Å². The summed E-state index contributed by atoms with van der Waals surface area (Å²) in [5.41, 5.74) is 1.51. The van der Waals surface area contributed by atoms with Gasteiger partial charge < -0.3 is 14.9 Å². The Kier molecular flexibility index (Phi) is 5.43. The molecule has 1 aliphatic heterocycles. The highest BCUT2D eigenvalue weighted by Gasteiger charge is 2.23. The zero-order valence-corrected chi connectivity index (χ0v) is 16.1. The summed E-state index contributed by atoms with van der Waals surface area (Å²) in [5, 5.41) is 10.1. The van der Waals surface area contributed by atoms with Gasteiger partial charge in [-0.25, -0.2) is 0 Å². The Hall–Kier alpha value is -1.57. The lowest BCUT2D eigenvalue weighted by atomic mass is 10.1. The van der Waals surface area contributed by atoms with Crippen molar-refractivity contribution in [2.45, 2.75) is 0 Å². The van der Waals surface area contributed by atoms with E-state index in [4.69, 9.17) is 24.4 Å². The van der Waals surface area contributed by atoms with E-state index in [0.29, 0.717) is 10.6 Å². The van der Waals surface area contributed by atoms with E-state index in [0.717, 1.165) is 41.3 Å². The third-order valence-electron chi connectivity index (χ3n) is 3.93. The zero-order chi connectivity index (χ0) is 17.1. The van der Waals surface area contributed by atoms with E-state index >= 15 is 0 Å². The molecule has 0 saturated carbocycles. The van der Waals surface area contributed by atoms with Gasteiger partial charge in [-0.3, -0.25) is 4.98 Å². The lowest BCUT2D eigenvalue weighted by molar-refractivity contribution is 0.264. The number of nitrogens with zero attached hydrogens (tertiary/aromatic N) is 3. The number of phenolic OH excluding ortho intramolecular Hbond substituents is 1. The van der Waals surface area contributed by atoms with Crippen molar-refractivity contribution in [3.8, 4) is 5.75 Å². The van der Waals surface area contributed by atoms with Crippen molar-refractivity contribution >= 4 is 50.3 Å². The predicted octanol–water partition coefficient (Wildman–Crippen LogP) is 3.22. The molecule has 0 aliphatic carbocycles. The molecule has 0 radical (unpaired) electrons. The number of benzene rings is 1. The molecule has 24 heavy (non-hydrogen) atoms. The van der Waals surface area contributed by atoms with Crippen LogP contribution in [0.3, 0.4) is 0 Å². The topological polar surface area (TPSA) is 39.6 Å². The molecule has 1 aromatic carbocycles. The second kappa shape index (κ2) is 7.55. The number of hydrogen-bond acceptors (Lipinski definition) is 4. The van der Waals surface area contributed by atoms with Gasteiger partial charge in [-0.2, -0.15) is 0 Å². The zero-order valence-electron chi connectivity index (χ0n) is 12.9. The summed E-state index contributed by atoms with van der Waals surface area (Å²) in [4.78, 5) is 10.0. The van der Waals surface area contributed by atoms with E-state index in [-0.39, 0.29) is 5.75 Å². The molecule has 1 fully saturated rings. The molecule has 124 valence electrons. The largest absolute Gasteiger partial charge is 0.507 e. The fourth-order valence-electron chi connectivity index (χ4n) is 2.61. The number of halogens is 1. The summed E-state index contributed by atoms with van der Waals surface area (Å²) in [6.45, 7) is 3.09. The fourth-order valence-corrected chi connectivity index (χ4v) is 3.62. The second-order valence-corrected chi connectivity index (χ2v) is 7.15. The summed E-state index contributed by atoms with van der Waals surface area (Å²) in [6.07, 6.45) is 1.75. The van der Waals surface area contributed by atoms with Gasteiger partial charge in [0, 0.05) is 36.8 Å². The summed E-state index contributed by atoms with van der Waals surface area (Å²) < 4.78 is 0.896. The molecule has 0 atom stereocenters.